The topological polar surface area (TPSA) is 52.6 Å². The number of hydrogen-bond donors (Lipinski definition) is 0. The van der Waals surface area contributed by atoms with Crippen LogP contribution in [0, 0.1) is 5.41 Å². The molecule has 0 spiro atoms. The van der Waals surface area contributed by atoms with Gasteiger partial charge in [0.15, 0.2) is 0 Å². The molecule has 0 heterocycles. The molecule has 1 unspecified atom stereocenters. The largest absolute Gasteiger partial charge is 0.469 e. The zero-order valence-electron chi connectivity index (χ0n) is 14.5. The van der Waals surface area contributed by atoms with Crippen molar-refractivity contribution in [2.45, 2.75) is 46.1 Å². The van der Waals surface area contributed by atoms with Crippen molar-refractivity contribution in [3.8, 4) is 0 Å². The highest BCUT2D eigenvalue weighted by molar-refractivity contribution is 5.87. The van der Waals surface area contributed by atoms with Crippen LogP contribution in [0.2, 0.25) is 0 Å². The molecular weight excluding hydrogens is 292 g/mol. The van der Waals surface area contributed by atoms with E-state index in [2.05, 4.69) is 20.4 Å². The van der Waals surface area contributed by atoms with Crippen LogP contribution in [0.4, 0.5) is 0 Å². The number of ether oxygens (including phenoxy) is 2. The third-order valence-corrected chi connectivity index (χ3v) is 4.83. The molecule has 0 saturated carbocycles. The number of methoxy groups -OCH3 is 1. The van der Waals surface area contributed by atoms with Gasteiger partial charge in [-0.2, -0.15) is 0 Å². The fraction of sp³-hybridized carbons (Fsp3) is 0.474. The molecule has 0 amide bonds. The van der Waals surface area contributed by atoms with Crippen LogP contribution < -0.4 is 0 Å². The molecule has 0 radical (unpaired) electrons. The number of carbonyl (C=O) groups is 2. The van der Waals surface area contributed by atoms with Gasteiger partial charge in [0.05, 0.1) is 13.5 Å². The zero-order chi connectivity index (χ0) is 17.4. The molecule has 1 aromatic rings. The van der Waals surface area contributed by atoms with Gasteiger partial charge in [0.25, 0.3) is 0 Å². The van der Waals surface area contributed by atoms with Gasteiger partial charge in [-0.05, 0) is 37.0 Å². The van der Waals surface area contributed by atoms with Crippen LogP contribution in [-0.2, 0) is 37.5 Å². The fourth-order valence-electron chi connectivity index (χ4n) is 3.08. The lowest BCUT2D eigenvalue weighted by molar-refractivity contribution is -0.166. The molecule has 1 aliphatic carbocycles. The van der Waals surface area contributed by atoms with Gasteiger partial charge in [0.1, 0.15) is 5.60 Å². The minimum Gasteiger partial charge on any atom is -0.469 e. The van der Waals surface area contributed by atoms with E-state index in [-0.39, 0.29) is 23.8 Å². The van der Waals surface area contributed by atoms with Crippen molar-refractivity contribution in [3.05, 3.63) is 47.0 Å². The monoisotopic (exact) mass is 316 g/mol. The van der Waals surface area contributed by atoms with Gasteiger partial charge in [-0.1, -0.05) is 38.6 Å². The van der Waals surface area contributed by atoms with E-state index in [0.29, 0.717) is 5.57 Å². The van der Waals surface area contributed by atoms with Gasteiger partial charge in [-0.25, -0.2) is 4.79 Å². The Balaban J connectivity index is 2.39. The number of carbonyl (C=O) groups excluding carboxylic acids is 2. The zero-order valence-corrected chi connectivity index (χ0v) is 14.5. The number of rotatable bonds is 4. The Morgan fingerprint density at radius 2 is 1.91 bits per heavy atom. The highest BCUT2D eigenvalue weighted by Crippen LogP contribution is 2.52. The molecule has 2 rings (SSSR count). The Morgan fingerprint density at radius 1 is 1.26 bits per heavy atom. The standard InChI is InChI=1S/C19H24O4/c1-12(2)17(21)23-19(5)15-8-7-13(10-16(20)22-6)9-14(15)11-18(19,3)4/h7-9H,1,10-11H2,2-6H3. The van der Waals surface area contributed by atoms with Gasteiger partial charge < -0.3 is 9.47 Å². The maximum absolute atomic E-state index is 12.1. The molecule has 1 atom stereocenters. The highest BCUT2D eigenvalue weighted by atomic mass is 16.6. The summed E-state index contributed by atoms with van der Waals surface area (Å²) in [6, 6.07) is 5.85. The molecule has 23 heavy (non-hydrogen) atoms. The first-order chi connectivity index (χ1) is 10.6. The van der Waals surface area contributed by atoms with Crippen molar-refractivity contribution < 1.29 is 19.1 Å². The minimum absolute atomic E-state index is 0.243. The Hall–Kier alpha value is -2.10. The second-order valence-electron chi connectivity index (χ2n) is 7.01. The SMILES string of the molecule is C=C(C)C(=O)OC1(C)c2ccc(CC(=O)OC)cc2CC1(C)C. The maximum atomic E-state index is 12.1. The Labute approximate surface area is 137 Å². The van der Waals surface area contributed by atoms with Crippen LogP contribution in [0.15, 0.2) is 30.4 Å². The average Bonchev–Trinajstić information content (AvgIpc) is 2.64. The van der Waals surface area contributed by atoms with Crippen LogP contribution in [0.3, 0.4) is 0 Å². The third kappa shape index (κ3) is 3.03. The number of esters is 2. The molecule has 1 aliphatic rings. The lowest BCUT2D eigenvalue weighted by Crippen LogP contribution is -2.40. The molecule has 0 aliphatic heterocycles. The molecule has 1 aromatic carbocycles. The van der Waals surface area contributed by atoms with Crippen molar-refractivity contribution in [1.82, 2.24) is 0 Å². The first-order valence-electron chi connectivity index (χ1n) is 7.68. The van der Waals surface area contributed by atoms with Crippen molar-refractivity contribution in [3.63, 3.8) is 0 Å². The molecule has 0 aromatic heterocycles. The first-order valence-corrected chi connectivity index (χ1v) is 7.68. The molecule has 124 valence electrons. The number of benzene rings is 1. The summed E-state index contributed by atoms with van der Waals surface area (Å²) < 4.78 is 10.5. The molecule has 0 bridgehead atoms. The van der Waals surface area contributed by atoms with E-state index in [0.717, 1.165) is 23.1 Å². The predicted octanol–water partition coefficient (Wildman–Crippen LogP) is 3.32. The van der Waals surface area contributed by atoms with Crippen molar-refractivity contribution in [2.75, 3.05) is 7.11 Å². The van der Waals surface area contributed by atoms with Gasteiger partial charge in [-0.15, -0.1) is 0 Å². The Kier molecular flexibility index (Phi) is 4.38. The van der Waals surface area contributed by atoms with Crippen molar-refractivity contribution in [1.29, 1.82) is 0 Å². The van der Waals surface area contributed by atoms with Gasteiger partial charge in [-0.3, -0.25) is 4.79 Å². The fourth-order valence-corrected chi connectivity index (χ4v) is 3.08. The Morgan fingerprint density at radius 3 is 2.48 bits per heavy atom. The summed E-state index contributed by atoms with van der Waals surface area (Å²) in [4.78, 5) is 23.5. The highest BCUT2D eigenvalue weighted by Gasteiger charge is 2.52. The molecule has 4 nitrogen and oxygen atoms in total. The van der Waals surface area contributed by atoms with E-state index in [4.69, 9.17) is 9.47 Å². The molecular formula is C19H24O4. The van der Waals surface area contributed by atoms with Crippen LogP contribution >= 0.6 is 0 Å². The van der Waals surface area contributed by atoms with E-state index < -0.39 is 5.60 Å². The average molecular weight is 316 g/mol. The second-order valence-corrected chi connectivity index (χ2v) is 7.01. The third-order valence-electron chi connectivity index (χ3n) is 4.83. The number of hydrogen-bond acceptors (Lipinski definition) is 4. The van der Waals surface area contributed by atoms with E-state index in [1.807, 2.05) is 25.1 Å². The molecule has 4 heteroatoms. The van der Waals surface area contributed by atoms with Gasteiger partial charge in [0.2, 0.25) is 0 Å². The predicted molar refractivity (Wildman–Crippen MR) is 87.9 cm³/mol. The van der Waals surface area contributed by atoms with Crippen LogP contribution in [0.1, 0.15) is 44.4 Å². The quantitative estimate of drug-likeness (QED) is 0.631. The summed E-state index contributed by atoms with van der Waals surface area (Å²) in [7, 11) is 1.38. The van der Waals surface area contributed by atoms with Crippen LogP contribution in [0.25, 0.3) is 0 Å². The summed E-state index contributed by atoms with van der Waals surface area (Å²) >= 11 is 0. The summed E-state index contributed by atoms with van der Waals surface area (Å²) in [6.45, 7) is 11.4. The summed E-state index contributed by atoms with van der Waals surface area (Å²) in [5.41, 5.74) is 2.42. The Bertz CT molecular complexity index is 672. The van der Waals surface area contributed by atoms with E-state index >= 15 is 0 Å². The normalized spacial score (nSPS) is 21.4. The lowest BCUT2D eigenvalue weighted by Gasteiger charge is -2.38. The molecule has 0 N–H and O–H groups in total. The molecule has 0 saturated heterocycles. The summed E-state index contributed by atoms with van der Waals surface area (Å²) in [5.74, 6) is -0.647. The second kappa shape index (κ2) is 5.84. The van der Waals surface area contributed by atoms with E-state index in [1.54, 1.807) is 6.92 Å². The van der Waals surface area contributed by atoms with Gasteiger partial charge >= 0.3 is 11.9 Å². The van der Waals surface area contributed by atoms with E-state index in [1.165, 1.54) is 7.11 Å². The number of fused-ring (bicyclic) bond motifs is 1. The summed E-state index contributed by atoms with van der Waals surface area (Å²) in [5, 5.41) is 0. The van der Waals surface area contributed by atoms with Gasteiger partial charge in [0, 0.05) is 11.0 Å². The maximum Gasteiger partial charge on any atom is 0.334 e. The minimum atomic E-state index is -0.720. The van der Waals surface area contributed by atoms with Crippen LogP contribution in [-0.4, -0.2) is 19.0 Å². The van der Waals surface area contributed by atoms with Crippen molar-refractivity contribution in [2.24, 2.45) is 5.41 Å². The van der Waals surface area contributed by atoms with Crippen LogP contribution in [0.5, 0.6) is 0 Å². The summed E-state index contributed by atoms with van der Waals surface area (Å²) in [6.07, 6.45) is 1.02. The molecule has 0 fully saturated rings. The van der Waals surface area contributed by atoms with E-state index in [9.17, 15) is 9.59 Å². The first kappa shape index (κ1) is 17.3. The lowest BCUT2D eigenvalue weighted by atomic mass is 9.76. The smallest absolute Gasteiger partial charge is 0.334 e. The van der Waals surface area contributed by atoms with Crippen molar-refractivity contribution >= 4 is 11.9 Å².